The summed E-state index contributed by atoms with van der Waals surface area (Å²) in [4.78, 5) is 74.7. The lowest BCUT2D eigenvalue weighted by Gasteiger charge is -2.59. The molecule has 0 radical (unpaired) electrons. The molecule has 0 bridgehead atoms. The molecule has 9 atom stereocenters. The van der Waals surface area contributed by atoms with Crippen molar-refractivity contribution in [2.24, 2.45) is 35.0 Å². The van der Waals surface area contributed by atoms with Crippen molar-refractivity contribution < 1.29 is 52.9 Å². The number of ether oxygens (including phenoxy) is 4. The molecule has 0 amide bonds. The standard InChI is InChI=1S/C30H35NO12/c1-15(32)42-22-13-29(2)17(14-41-27(35)16-4-6-18(7-5-16)31(38)39)10-11-30(29,37)26-20(33)12-19(21-8-9-23(34)43-21)24(25(22)26)28(36)40-3/h4-7,17,19,21-22,24-26,37H,8-14H2,1-3H3/t17-,19-,21+,22-,24-,25-,26-,29-,30+/m0/s1. The number of hydrogen-bond donors (Lipinski definition) is 1. The summed E-state index contributed by atoms with van der Waals surface area (Å²) >= 11 is 0. The second-order valence-electron chi connectivity index (χ2n) is 12.3. The first kappa shape index (κ1) is 30.6. The first-order valence-corrected chi connectivity index (χ1v) is 14.4. The molecular weight excluding hydrogens is 566 g/mol. The van der Waals surface area contributed by atoms with E-state index in [1.807, 2.05) is 0 Å². The maximum atomic E-state index is 14.0. The van der Waals surface area contributed by atoms with Crippen LogP contribution in [-0.4, -0.2) is 71.2 Å². The van der Waals surface area contributed by atoms with Crippen molar-refractivity contribution in [2.75, 3.05) is 13.7 Å². The van der Waals surface area contributed by atoms with Crippen molar-refractivity contribution in [1.82, 2.24) is 0 Å². The quantitative estimate of drug-likeness (QED) is 0.209. The molecule has 1 saturated heterocycles. The average Bonchev–Trinajstić information content (AvgIpc) is 3.50. The summed E-state index contributed by atoms with van der Waals surface area (Å²) in [5, 5.41) is 23.3. The van der Waals surface area contributed by atoms with Gasteiger partial charge < -0.3 is 24.1 Å². The van der Waals surface area contributed by atoms with Crippen LogP contribution in [0.4, 0.5) is 5.69 Å². The number of nitro benzene ring substituents is 1. The predicted molar refractivity (Wildman–Crippen MR) is 144 cm³/mol. The van der Waals surface area contributed by atoms with Gasteiger partial charge in [0.15, 0.2) is 0 Å². The lowest BCUT2D eigenvalue weighted by Crippen LogP contribution is -2.68. The molecule has 13 nitrogen and oxygen atoms in total. The Bertz CT molecular complexity index is 1340. The number of carbonyl (C=O) groups is 5. The Morgan fingerprint density at radius 2 is 1.86 bits per heavy atom. The fourth-order valence-electron chi connectivity index (χ4n) is 8.24. The summed E-state index contributed by atoms with van der Waals surface area (Å²) in [6.07, 6.45) is -0.608. The van der Waals surface area contributed by atoms with Gasteiger partial charge in [-0.2, -0.15) is 0 Å². The molecule has 1 N–H and O–H groups in total. The molecule has 13 heteroatoms. The zero-order valence-corrected chi connectivity index (χ0v) is 24.2. The fourth-order valence-corrected chi connectivity index (χ4v) is 8.24. The van der Waals surface area contributed by atoms with E-state index in [1.54, 1.807) is 6.92 Å². The van der Waals surface area contributed by atoms with Crippen LogP contribution < -0.4 is 0 Å². The molecule has 1 aromatic rings. The number of esters is 4. The van der Waals surface area contributed by atoms with E-state index in [0.717, 1.165) is 0 Å². The Morgan fingerprint density at radius 3 is 2.44 bits per heavy atom. The molecule has 3 saturated carbocycles. The number of aliphatic hydroxyl groups is 1. The fraction of sp³-hybridized carbons (Fsp3) is 0.633. The van der Waals surface area contributed by atoms with E-state index in [-0.39, 0.29) is 49.3 Å². The lowest BCUT2D eigenvalue weighted by molar-refractivity contribution is -0.384. The third kappa shape index (κ3) is 5.17. The number of fused-ring (bicyclic) bond motifs is 3. The van der Waals surface area contributed by atoms with E-state index in [2.05, 4.69) is 0 Å². The second-order valence-corrected chi connectivity index (χ2v) is 12.3. The normalized spacial score (nSPS) is 36.6. The monoisotopic (exact) mass is 601 g/mol. The van der Waals surface area contributed by atoms with Crippen LogP contribution >= 0.6 is 0 Å². The van der Waals surface area contributed by atoms with Gasteiger partial charge in [-0.05, 0) is 37.8 Å². The van der Waals surface area contributed by atoms with Crippen molar-refractivity contribution in [2.45, 2.75) is 70.2 Å². The summed E-state index contributed by atoms with van der Waals surface area (Å²) in [7, 11) is 1.22. The van der Waals surface area contributed by atoms with Gasteiger partial charge in [0.25, 0.3) is 5.69 Å². The summed E-state index contributed by atoms with van der Waals surface area (Å²) < 4.78 is 22.0. The van der Waals surface area contributed by atoms with Crippen molar-refractivity contribution in [3.63, 3.8) is 0 Å². The number of methoxy groups -OCH3 is 1. The molecule has 3 aliphatic carbocycles. The Labute approximate surface area is 247 Å². The van der Waals surface area contributed by atoms with Gasteiger partial charge in [-0.3, -0.25) is 29.3 Å². The van der Waals surface area contributed by atoms with Crippen LogP contribution in [0, 0.1) is 45.1 Å². The highest BCUT2D eigenvalue weighted by Crippen LogP contribution is 2.65. The minimum Gasteiger partial charge on any atom is -0.469 e. The highest BCUT2D eigenvalue weighted by atomic mass is 16.6. The number of rotatable bonds is 7. The molecule has 0 aromatic heterocycles. The minimum atomic E-state index is -1.61. The van der Waals surface area contributed by atoms with Crippen LogP contribution in [-0.2, 0) is 38.1 Å². The number of hydrogen-bond acceptors (Lipinski definition) is 12. The van der Waals surface area contributed by atoms with E-state index in [4.69, 9.17) is 18.9 Å². The lowest BCUT2D eigenvalue weighted by atomic mass is 9.47. The second kappa shape index (κ2) is 11.3. The van der Waals surface area contributed by atoms with Gasteiger partial charge in [-0.15, -0.1) is 0 Å². The Hall–Kier alpha value is -3.87. The van der Waals surface area contributed by atoms with Crippen molar-refractivity contribution >= 4 is 35.3 Å². The highest BCUT2D eigenvalue weighted by Gasteiger charge is 2.72. The summed E-state index contributed by atoms with van der Waals surface area (Å²) in [6.45, 7) is 2.89. The Balaban J connectivity index is 1.44. The van der Waals surface area contributed by atoms with Crippen LogP contribution in [0.5, 0.6) is 0 Å². The third-order valence-corrected chi connectivity index (χ3v) is 10.3. The molecule has 232 valence electrons. The number of Topliss-reactive ketones (excluding diaryl/α,β-unsaturated/α-hetero) is 1. The number of benzene rings is 1. The van der Waals surface area contributed by atoms with Gasteiger partial charge in [0, 0.05) is 55.1 Å². The van der Waals surface area contributed by atoms with E-state index in [0.29, 0.717) is 12.8 Å². The van der Waals surface area contributed by atoms with Gasteiger partial charge in [0.05, 0.1) is 41.6 Å². The molecule has 0 spiro atoms. The van der Waals surface area contributed by atoms with Crippen LogP contribution in [0.3, 0.4) is 0 Å². The number of carbonyl (C=O) groups excluding carboxylic acids is 5. The van der Waals surface area contributed by atoms with Gasteiger partial charge in [-0.25, -0.2) is 4.79 Å². The topological polar surface area (TPSA) is 186 Å². The molecule has 5 rings (SSSR count). The SMILES string of the molecule is COC(=O)[C@H]1[C@H]([C@H]2CCC(=O)O2)CC(=O)[C@H]2[C@H]1[C@@H](OC(C)=O)C[C@@]1(C)[C@H](COC(=O)c3ccc([N+](=O)[O-])cc3)CC[C@@]21O. The molecule has 0 unspecified atom stereocenters. The molecular formula is C30H35NO12. The van der Waals surface area contributed by atoms with Gasteiger partial charge in [0.2, 0.25) is 0 Å². The van der Waals surface area contributed by atoms with Crippen molar-refractivity contribution in [3.05, 3.63) is 39.9 Å². The zero-order chi connectivity index (χ0) is 31.3. The smallest absolute Gasteiger partial charge is 0.338 e. The van der Waals surface area contributed by atoms with Gasteiger partial charge in [0.1, 0.15) is 18.0 Å². The van der Waals surface area contributed by atoms with Gasteiger partial charge in [-0.1, -0.05) is 6.92 Å². The predicted octanol–water partition coefficient (Wildman–Crippen LogP) is 2.55. The number of cyclic esters (lactones) is 1. The zero-order valence-electron chi connectivity index (χ0n) is 24.2. The van der Waals surface area contributed by atoms with Crippen LogP contribution in [0.15, 0.2) is 24.3 Å². The first-order chi connectivity index (χ1) is 20.3. The third-order valence-electron chi connectivity index (χ3n) is 10.3. The van der Waals surface area contributed by atoms with Crippen LogP contribution in [0.1, 0.15) is 62.7 Å². The average molecular weight is 602 g/mol. The molecule has 4 aliphatic rings. The van der Waals surface area contributed by atoms with Crippen LogP contribution in [0.2, 0.25) is 0 Å². The Kier molecular flexibility index (Phi) is 8.05. The maximum Gasteiger partial charge on any atom is 0.338 e. The molecule has 1 aliphatic heterocycles. The van der Waals surface area contributed by atoms with E-state index in [9.17, 15) is 39.2 Å². The minimum absolute atomic E-state index is 0.0853. The molecule has 1 aromatic carbocycles. The summed E-state index contributed by atoms with van der Waals surface area (Å²) in [5.41, 5.74) is -2.71. The van der Waals surface area contributed by atoms with Crippen molar-refractivity contribution in [3.8, 4) is 0 Å². The number of nitro groups is 1. The van der Waals surface area contributed by atoms with Gasteiger partial charge >= 0.3 is 23.9 Å². The van der Waals surface area contributed by atoms with E-state index in [1.165, 1.54) is 38.3 Å². The number of nitrogens with zero attached hydrogens (tertiary/aromatic N) is 1. The summed E-state index contributed by atoms with van der Waals surface area (Å²) in [5.74, 6) is -6.79. The number of ketones is 1. The molecule has 1 heterocycles. The van der Waals surface area contributed by atoms with Crippen molar-refractivity contribution in [1.29, 1.82) is 0 Å². The maximum absolute atomic E-state index is 14.0. The van der Waals surface area contributed by atoms with Crippen LogP contribution in [0.25, 0.3) is 0 Å². The summed E-state index contributed by atoms with van der Waals surface area (Å²) in [6, 6.07) is 4.98. The first-order valence-electron chi connectivity index (χ1n) is 14.4. The number of non-ortho nitro benzene ring substituents is 1. The molecule has 4 fully saturated rings. The molecule has 43 heavy (non-hydrogen) atoms. The van der Waals surface area contributed by atoms with E-state index < -0.39 is 81.6 Å². The van der Waals surface area contributed by atoms with E-state index >= 15 is 0 Å². The Morgan fingerprint density at radius 1 is 1.16 bits per heavy atom. The highest BCUT2D eigenvalue weighted by molar-refractivity contribution is 5.90. The largest absolute Gasteiger partial charge is 0.469 e.